The highest BCUT2D eigenvalue weighted by Gasteiger charge is 2.27. The maximum absolute atomic E-state index is 11.9. The molecule has 1 aromatic rings. The summed E-state index contributed by atoms with van der Waals surface area (Å²) in [6.45, 7) is 2.03. The van der Waals surface area contributed by atoms with Crippen molar-refractivity contribution >= 4 is 17.4 Å². The highest BCUT2D eigenvalue weighted by Crippen LogP contribution is 2.29. The largest absolute Gasteiger partial charge is 0.441 e. The van der Waals surface area contributed by atoms with Gasteiger partial charge in [0.1, 0.15) is 6.07 Å². The molecule has 0 saturated heterocycles. The Morgan fingerprint density at radius 1 is 1.41 bits per heavy atom. The molecule has 0 aromatic heterocycles. The van der Waals surface area contributed by atoms with Gasteiger partial charge in [0, 0.05) is 12.3 Å². The van der Waals surface area contributed by atoms with Crippen molar-refractivity contribution in [3.63, 3.8) is 0 Å². The molecule has 2 nitrogen and oxygen atoms in total. The predicted molar refractivity (Wildman–Crippen MR) is 62.9 cm³/mol. The van der Waals surface area contributed by atoms with Gasteiger partial charge in [-0.3, -0.25) is 0 Å². The van der Waals surface area contributed by atoms with Crippen molar-refractivity contribution in [3.8, 4) is 6.07 Å². The van der Waals surface area contributed by atoms with Gasteiger partial charge in [0.15, 0.2) is 0 Å². The zero-order chi connectivity index (χ0) is 12.9. The maximum atomic E-state index is 11.9. The van der Waals surface area contributed by atoms with Crippen LogP contribution in [0, 0.1) is 18.3 Å². The Morgan fingerprint density at radius 3 is 2.71 bits per heavy atom. The lowest BCUT2D eigenvalue weighted by Crippen LogP contribution is -2.10. The summed E-state index contributed by atoms with van der Waals surface area (Å²) in [7, 11) is 0. The second-order valence-corrected chi connectivity index (χ2v) is 4.54. The summed E-state index contributed by atoms with van der Waals surface area (Å²) in [6.07, 6.45) is 0. The normalized spacial score (nSPS) is 11.0. The maximum Gasteiger partial charge on any atom is 0.441 e. The Bertz CT molecular complexity index is 424. The van der Waals surface area contributed by atoms with Crippen molar-refractivity contribution in [2.24, 2.45) is 0 Å². The van der Waals surface area contributed by atoms with Crippen LogP contribution in [0.1, 0.15) is 11.1 Å². The van der Waals surface area contributed by atoms with Gasteiger partial charge in [-0.1, -0.05) is 6.07 Å². The van der Waals surface area contributed by atoms with E-state index < -0.39 is 5.51 Å². The van der Waals surface area contributed by atoms with E-state index in [1.54, 1.807) is 18.2 Å². The number of alkyl halides is 3. The topological polar surface area (TPSA) is 35.8 Å². The molecule has 0 radical (unpaired) electrons. The first-order chi connectivity index (χ1) is 7.92. The van der Waals surface area contributed by atoms with E-state index in [0.717, 1.165) is 5.56 Å². The SMILES string of the molecule is Cc1ccc(C#N)c(NCCSC(F)(F)F)c1. The highest BCUT2D eigenvalue weighted by molar-refractivity contribution is 8.00. The Balaban J connectivity index is 2.52. The van der Waals surface area contributed by atoms with E-state index >= 15 is 0 Å². The lowest BCUT2D eigenvalue weighted by molar-refractivity contribution is -0.0327. The molecule has 17 heavy (non-hydrogen) atoms. The molecule has 0 atom stereocenters. The Labute approximate surface area is 102 Å². The molecule has 0 fully saturated rings. The van der Waals surface area contributed by atoms with E-state index in [4.69, 9.17) is 5.26 Å². The first-order valence-electron chi connectivity index (χ1n) is 4.87. The van der Waals surface area contributed by atoms with Gasteiger partial charge in [0.05, 0.1) is 11.3 Å². The van der Waals surface area contributed by atoms with Gasteiger partial charge in [-0.05, 0) is 36.4 Å². The van der Waals surface area contributed by atoms with Crippen molar-refractivity contribution in [3.05, 3.63) is 29.3 Å². The minimum atomic E-state index is -4.20. The molecule has 0 saturated carbocycles. The van der Waals surface area contributed by atoms with Gasteiger partial charge in [-0.25, -0.2) is 0 Å². The fourth-order valence-electron chi connectivity index (χ4n) is 1.25. The Morgan fingerprint density at radius 2 is 2.12 bits per heavy atom. The average Bonchev–Trinajstić information content (AvgIpc) is 2.23. The quantitative estimate of drug-likeness (QED) is 0.841. The van der Waals surface area contributed by atoms with Crippen molar-refractivity contribution in [1.29, 1.82) is 5.26 Å². The van der Waals surface area contributed by atoms with E-state index in [1.807, 2.05) is 13.0 Å². The van der Waals surface area contributed by atoms with Gasteiger partial charge >= 0.3 is 5.51 Å². The minimum absolute atomic E-state index is 0.0749. The summed E-state index contributed by atoms with van der Waals surface area (Å²) in [4.78, 5) is 0. The molecular formula is C11H11F3N2S. The summed E-state index contributed by atoms with van der Waals surface area (Å²) >= 11 is -0.0749. The van der Waals surface area contributed by atoms with Crippen LogP contribution in [0.15, 0.2) is 18.2 Å². The number of halogens is 3. The molecular weight excluding hydrogens is 249 g/mol. The molecule has 1 rings (SSSR count). The third-order valence-corrected chi connectivity index (χ3v) is 2.71. The molecule has 0 amide bonds. The number of anilines is 1. The zero-order valence-corrected chi connectivity index (χ0v) is 9.95. The summed E-state index contributed by atoms with van der Waals surface area (Å²) in [6, 6.07) is 7.17. The van der Waals surface area contributed by atoms with E-state index in [2.05, 4.69) is 5.32 Å². The molecule has 0 heterocycles. The van der Waals surface area contributed by atoms with E-state index in [1.165, 1.54) is 0 Å². The number of nitrogens with zero attached hydrogens (tertiary/aromatic N) is 1. The van der Waals surface area contributed by atoms with Crippen molar-refractivity contribution in [1.82, 2.24) is 0 Å². The predicted octanol–water partition coefficient (Wildman–Crippen LogP) is 3.53. The first kappa shape index (κ1) is 13.7. The van der Waals surface area contributed by atoms with Crippen LogP contribution in [-0.4, -0.2) is 17.8 Å². The van der Waals surface area contributed by atoms with Crippen LogP contribution >= 0.6 is 11.8 Å². The van der Waals surface area contributed by atoms with Crippen LogP contribution in [0.2, 0.25) is 0 Å². The lowest BCUT2D eigenvalue weighted by Gasteiger charge is -2.10. The van der Waals surface area contributed by atoms with Crippen LogP contribution in [0.3, 0.4) is 0 Å². The number of nitrogens with one attached hydrogen (secondary N) is 1. The first-order valence-corrected chi connectivity index (χ1v) is 5.86. The third-order valence-electron chi connectivity index (χ3n) is 1.98. The smallest absolute Gasteiger partial charge is 0.383 e. The second-order valence-electron chi connectivity index (χ2n) is 3.38. The third kappa shape index (κ3) is 5.00. The van der Waals surface area contributed by atoms with E-state index in [-0.39, 0.29) is 24.1 Å². The standard InChI is InChI=1S/C11H11F3N2S/c1-8-2-3-9(7-15)10(6-8)16-4-5-17-11(12,13)14/h2-3,6,16H,4-5H2,1H3. The van der Waals surface area contributed by atoms with Gasteiger partial charge in [0.2, 0.25) is 0 Å². The van der Waals surface area contributed by atoms with Crippen molar-refractivity contribution in [2.45, 2.75) is 12.4 Å². The zero-order valence-electron chi connectivity index (χ0n) is 9.14. The molecule has 0 bridgehead atoms. The number of nitriles is 1. The molecule has 0 aliphatic rings. The Hall–Kier alpha value is -1.35. The molecule has 6 heteroatoms. The molecule has 1 aromatic carbocycles. The van der Waals surface area contributed by atoms with Gasteiger partial charge in [0.25, 0.3) is 0 Å². The monoisotopic (exact) mass is 260 g/mol. The number of hydrogen-bond acceptors (Lipinski definition) is 3. The molecule has 0 spiro atoms. The van der Waals surface area contributed by atoms with E-state index in [9.17, 15) is 13.2 Å². The summed E-state index contributed by atoms with van der Waals surface area (Å²) in [5.74, 6) is -0.0810. The van der Waals surface area contributed by atoms with Crippen LogP contribution in [0.25, 0.3) is 0 Å². The van der Waals surface area contributed by atoms with Crippen molar-refractivity contribution < 1.29 is 13.2 Å². The molecule has 1 N–H and O–H groups in total. The van der Waals surface area contributed by atoms with Crippen LogP contribution in [0.5, 0.6) is 0 Å². The Kier molecular flexibility index (Phi) is 4.70. The number of rotatable bonds is 4. The summed E-state index contributed by atoms with van der Waals surface area (Å²) in [5.41, 5.74) is -2.23. The number of hydrogen-bond donors (Lipinski definition) is 1. The second kappa shape index (κ2) is 5.82. The fraction of sp³-hybridized carbons (Fsp3) is 0.364. The van der Waals surface area contributed by atoms with Crippen LogP contribution in [0.4, 0.5) is 18.9 Å². The molecule has 0 unspecified atom stereocenters. The van der Waals surface area contributed by atoms with Gasteiger partial charge in [-0.15, -0.1) is 0 Å². The highest BCUT2D eigenvalue weighted by atomic mass is 32.2. The molecule has 92 valence electrons. The van der Waals surface area contributed by atoms with Crippen LogP contribution in [-0.2, 0) is 0 Å². The molecule has 0 aliphatic carbocycles. The number of aryl methyl sites for hydroxylation is 1. The van der Waals surface area contributed by atoms with Gasteiger partial charge in [-0.2, -0.15) is 18.4 Å². The van der Waals surface area contributed by atoms with Crippen molar-refractivity contribution in [2.75, 3.05) is 17.6 Å². The lowest BCUT2D eigenvalue weighted by atomic mass is 10.1. The van der Waals surface area contributed by atoms with Crippen LogP contribution < -0.4 is 5.32 Å². The number of thioether (sulfide) groups is 1. The van der Waals surface area contributed by atoms with E-state index in [0.29, 0.717) is 11.3 Å². The van der Waals surface area contributed by atoms with Gasteiger partial charge < -0.3 is 5.32 Å². The molecule has 0 aliphatic heterocycles. The summed E-state index contributed by atoms with van der Waals surface area (Å²) in [5, 5.41) is 11.7. The fourth-order valence-corrected chi connectivity index (χ4v) is 1.69. The minimum Gasteiger partial charge on any atom is -0.383 e. The summed E-state index contributed by atoms with van der Waals surface area (Å²) < 4.78 is 35.6. The average molecular weight is 260 g/mol. The number of benzene rings is 1.